The van der Waals surface area contributed by atoms with Crippen molar-refractivity contribution in [3.63, 3.8) is 0 Å². The molecule has 1 N–H and O–H groups in total. The molecule has 1 aromatic carbocycles. The monoisotopic (exact) mass is 327 g/mol. The van der Waals surface area contributed by atoms with Crippen LogP contribution in [0.25, 0.3) is 0 Å². The molecule has 0 aromatic heterocycles. The van der Waals surface area contributed by atoms with E-state index in [2.05, 4.69) is 21.2 Å². The highest BCUT2D eigenvalue weighted by atomic mass is 79.9. The Bertz CT molecular complexity index is 392. The third kappa shape index (κ3) is 4.94. The van der Waals surface area contributed by atoms with Crippen molar-refractivity contribution in [1.82, 2.24) is 5.32 Å². The SMILES string of the molecule is CCNC(CCC(F)(F)F)c1cc(F)ccc1Br. The molecule has 0 aliphatic heterocycles. The zero-order valence-electron chi connectivity index (χ0n) is 9.82. The highest BCUT2D eigenvalue weighted by molar-refractivity contribution is 9.10. The lowest BCUT2D eigenvalue weighted by molar-refractivity contribution is -0.136. The van der Waals surface area contributed by atoms with E-state index in [-0.39, 0.29) is 6.42 Å². The molecule has 0 saturated carbocycles. The Morgan fingerprint density at radius 2 is 2.00 bits per heavy atom. The predicted molar refractivity (Wildman–Crippen MR) is 65.8 cm³/mol. The molecular weight excluding hydrogens is 314 g/mol. The van der Waals surface area contributed by atoms with Crippen molar-refractivity contribution < 1.29 is 17.6 Å². The normalized spacial score (nSPS) is 13.7. The summed E-state index contributed by atoms with van der Waals surface area (Å²) in [6.07, 6.45) is -5.21. The van der Waals surface area contributed by atoms with Crippen LogP contribution < -0.4 is 5.32 Å². The van der Waals surface area contributed by atoms with E-state index in [1.807, 2.05) is 0 Å². The highest BCUT2D eigenvalue weighted by Gasteiger charge is 2.29. The summed E-state index contributed by atoms with van der Waals surface area (Å²) in [4.78, 5) is 0. The van der Waals surface area contributed by atoms with Crippen molar-refractivity contribution in [2.45, 2.75) is 32.0 Å². The Balaban J connectivity index is 2.86. The van der Waals surface area contributed by atoms with Crippen molar-refractivity contribution in [3.05, 3.63) is 34.1 Å². The maximum Gasteiger partial charge on any atom is 0.389 e. The number of rotatable bonds is 5. The topological polar surface area (TPSA) is 12.0 Å². The summed E-state index contributed by atoms with van der Waals surface area (Å²) in [6.45, 7) is 2.32. The van der Waals surface area contributed by atoms with E-state index >= 15 is 0 Å². The predicted octanol–water partition coefficient (Wildman–Crippen LogP) is 4.58. The van der Waals surface area contributed by atoms with Crippen LogP contribution in [0.5, 0.6) is 0 Å². The summed E-state index contributed by atoms with van der Waals surface area (Å²) in [5, 5.41) is 2.94. The van der Waals surface area contributed by atoms with Gasteiger partial charge in [0.05, 0.1) is 0 Å². The van der Waals surface area contributed by atoms with Crippen LogP contribution in [0.3, 0.4) is 0 Å². The molecule has 1 aromatic rings. The average molecular weight is 328 g/mol. The lowest BCUT2D eigenvalue weighted by Gasteiger charge is -2.20. The third-order valence-electron chi connectivity index (χ3n) is 2.50. The van der Waals surface area contributed by atoms with Gasteiger partial charge in [0.25, 0.3) is 0 Å². The van der Waals surface area contributed by atoms with Crippen LogP contribution in [0.1, 0.15) is 31.4 Å². The van der Waals surface area contributed by atoms with Gasteiger partial charge < -0.3 is 5.32 Å². The van der Waals surface area contributed by atoms with Crippen molar-refractivity contribution in [2.75, 3.05) is 6.54 Å². The number of nitrogens with one attached hydrogen (secondary N) is 1. The van der Waals surface area contributed by atoms with Crippen LogP contribution in [0.15, 0.2) is 22.7 Å². The minimum Gasteiger partial charge on any atom is -0.310 e. The lowest BCUT2D eigenvalue weighted by Crippen LogP contribution is -2.23. The van der Waals surface area contributed by atoms with Gasteiger partial charge in [-0.3, -0.25) is 0 Å². The second-order valence-electron chi connectivity index (χ2n) is 3.93. The largest absolute Gasteiger partial charge is 0.389 e. The molecule has 18 heavy (non-hydrogen) atoms. The number of alkyl halides is 3. The molecule has 0 saturated heterocycles. The summed E-state index contributed by atoms with van der Waals surface area (Å²) in [5.41, 5.74) is 0.515. The maximum absolute atomic E-state index is 13.2. The van der Waals surface area contributed by atoms with Gasteiger partial charge in [0, 0.05) is 16.9 Å². The molecule has 0 aliphatic carbocycles. The summed E-state index contributed by atoms with van der Waals surface area (Å²) < 4.78 is 50.5. The fourth-order valence-electron chi connectivity index (χ4n) is 1.70. The molecule has 1 unspecified atom stereocenters. The fourth-order valence-corrected chi connectivity index (χ4v) is 2.23. The van der Waals surface area contributed by atoms with Gasteiger partial charge >= 0.3 is 6.18 Å². The Morgan fingerprint density at radius 3 is 2.56 bits per heavy atom. The van der Waals surface area contributed by atoms with Gasteiger partial charge in [0.2, 0.25) is 0 Å². The van der Waals surface area contributed by atoms with E-state index in [4.69, 9.17) is 0 Å². The zero-order chi connectivity index (χ0) is 13.8. The number of benzene rings is 1. The van der Waals surface area contributed by atoms with E-state index in [0.717, 1.165) is 0 Å². The van der Waals surface area contributed by atoms with E-state index < -0.39 is 24.5 Å². The average Bonchev–Trinajstić information content (AvgIpc) is 2.26. The highest BCUT2D eigenvalue weighted by Crippen LogP contribution is 2.31. The molecule has 6 heteroatoms. The van der Waals surface area contributed by atoms with Gasteiger partial charge in [-0.1, -0.05) is 22.9 Å². The van der Waals surface area contributed by atoms with Crippen LogP contribution >= 0.6 is 15.9 Å². The molecule has 0 amide bonds. The van der Waals surface area contributed by atoms with E-state index in [1.165, 1.54) is 18.2 Å². The number of halogens is 5. The second kappa shape index (κ2) is 6.52. The molecule has 0 radical (unpaired) electrons. The zero-order valence-corrected chi connectivity index (χ0v) is 11.4. The van der Waals surface area contributed by atoms with E-state index in [1.54, 1.807) is 6.92 Å². The van der Waals surface area contributed by atoms with E-state index in [9.17, 15) is 17.6 Å². The molecule has 1 atom stereocenters. The van der Waals surface area contributed by atoms with Crippen LogP contribution in [0.2, 0.25) is 0 Å². The third-order valence-corrected chi connectivity index (χ3v) is 3.22. The Hall–Kier alpha value is -0.620. The van der Waals surface area contributed by atoms with Gasteiger partial charge in [-0.05, 0) is 36.7 Å². The molecule has 0 fully saturated rings. The first kappa shape index (κ1) is 15.4. The summed E-state index contributed by atoms with van der Waals surface area (Å²) in [7, 11) is 0. The van der Waals surface area contributed by atoms with Gasteiger partial charge in [0.15, 0.2) is 0 Å². The molecule has 1 nitrogen and oxygen atoms in total. The smallest absolute Gasteiger partial charge is 0.310 e. The molecule has 1 rings (SSSR count). The fraction of sp³-hybridized carbons (Fsp3) is 0.500. The Labute approximate surface area is 112 Å². The molecule has 0 aliphatic rings. The van der Waals surface area contributed by atoms with Crippen molar-refractivity contribution in [1.29, 1.82) is 0 Å². The second-order valence-corrected chi connectivity index (χ2v) is 4.78. The minimum atomic E-state index is -4.20. The van der Waals surface area contributed by atoms with Gasteiger partial charge in [-0.15, -0.1) is 0 Å². The van der Waals surface area contributed by atoms with E-state index in [0.29, 0.717) is 16.6 Å². The maximum atomic E-state index is 13.2. The molecule has 0 heterocycles. The Morgan fingerprint density at radius 1 is 1.33 bits per heavy atom. The number of hydrogen-bond donors (Lipinski definition) is 1. The van der Waals surface area contributed by atoms with Gasteiger partial charge in [-0.25, -0.2) is 4.39 Å². The first-order valence-electron chi connectivity index (χ1n) is 5.58. The summed E-state index contributed by atoms with van der Waals surface area (Å²) in [6, 6.07) is 3.51. The molecule has 0 bridgehead atoms. The quantitative estimate of drug-likeness (QED) is 0.780. The van der Waals surface area contributed by atoms with Gasteiger partial charge in [0.1, 0.15) is 5.82 Å². The lowest BCUT2D eigenvalue weighted by atomic mass is 10.0. The van der Waals surface area contributed by atoms with Crippen molar-refractivity contribution in [3.8, 4) is 0 Å². The van der Waals surface area contributed by atoms with Gasteiger partial charge in [-0.2, -0.15) is 13.2 Å². The summed E-state index contributed by atoms with van der Waals surface area (Å²) in [5.74, 6) is -0.455. The van der Waals surface area contributed by atoms with Crippen LogP contribution in [0, 0.1) is 5.82 Å². The standard InChI is InChI=1S/C12H14BrF4N/c1-2-18-11(5-6-12(15,16)17)9-7-8(14)3-4-10(9)13/h3-4,7,11,18H,2,5-6H2,1H3. The van der Waals surface area contributed by atoms with Crippen molar-refractivity contribution in [2.24, 2.45) is 0 Å². The van der Waals surface area contributed by atoms with Crippen molar-refractivity contribution >= 4 is 15.9 Å². The van der Waals surface area contributed by atoms with Crippen LogP contribution in [-0.2, 0) is 0 Å². The first-order chi connectivity index (χ1) is 8.33. The summed E-state index contributed by atoms with van der Waals surface area (Å²) >= 11 is 3.23. The minimum absolute atomic E-state index is 0.112. The molecular formula is C12H14BrF4N. The first-order valence-corrected chi connectivity index (χ1v) is 6.38. The Kier molecular flexibility index (Phi) is 5.59. The number of hydrogen-bond acceptors (Lipinski definition) is 1. The van der Waals surface area contributed by atoms with Crippen LogP contribution in [0.4, 0.5) is 17.6 Å². The molecule has 0 spiro atoms. The van der Waals surface area contributed by atoms with Crippen LogP contribution in [-0.4, -0.2) is 12.7 Å². The molecule has 102 valence electrons.